The van der Waals surface area contributed by atoms with Crippen molar-refractivity contribution in [2.75, 3.05) is 0 Å². The molecular weight excluding hydrogens is 194 g/mol. The van der Waals surface area contributed by atoms with Crippen LogP contribution in [0.2, 0.25) is 0 Å². The molecule has 0 amide bonds. The number of carbonyl (C=O) groups is 1. The molecule has 4 heteroatoms. The van der Waals surface area contributed by atoms with Gasteiger partial charge in [0.2, 0.25) is 0 Å². The van der Waals surface area contributed by atoms with Gasteiger partial charge in [0.25, 0.3) is 0 Å². The zero-order valence-corrected chi connectivity index (χ0v) is 9.25. The van der Waals surface area contributed by atoms with E-state index >= 15 is 0 Å². The van der Waals surface area contributed by atoms with Crippen LogP contribution >= 0.6 is 0 Å². The Morgan fingerprint density at radius 3 is 2.27 bits per heavy atom. The number of carbonyl (C=O) groups excluding carboxylic acids is 1. The van der Waals surface area contributed by atoms with E-state index in [1.807, 2.05) is 13.0 Å². The summed E-state index contributed by atoms with van der Waals surface area (Å²) in [6.45, 7) is 10.4. The van der Waals surface area contributed by atoms with Crippen molar-refractivity contribution in [2.45, 2.75) is 33.1 Å². The van der Waals surface area contributed by atoms with Gasteiger partial charge in [0, 0.05) is 11.1 Å². The number of hydrogen-bond donors (Lipinski definition) is 1. The molecule has 4 nitrogen and oxygen atoms in total. The number of nitriles is 1. The second kappa shape index (κ2) is 10.5. The molecule has 0 aliphatic heterocycles. The number of unbranched alkanes of at least 4 members (excludes halogenated alkanes) is 1. The Morgan fingerprint density at radius 1 is 1.53 bits per heavy atom. The van der Waals surface area contributed by atoms with Gasteiger partial charge in [-0.1, -0.05) is 26.5 Å². The van der Waals surface area contributed by atoms with E-state index in [4.69, 9.17) is 10.5 Å². The Bertz CT molecular complexity index is 263. The lowest BCUT2D eigenvalue weighted by Gasteiger charge is -1.98. The molecule has 0 radical (unpaired) electrons. The maximum Gasteiger partial charge on any atom is 0.368 e. The van der Waals surface area contributed by atoms with Crippen LogP contribution < -0.4 is 0 Å². The predicted molar refractivity (Wildman–Crippen MR) is 57.8 cm³/mol. The molecule has 0 saturated carbocycles. The molecule has 0 aromatic carbocycles. The highest BCUT2D eigenvalue weighted by Crippen LogP contribution is 2.05. The van der Waals surface area contributed by atoms with Crippen LogP contribution in [0.3, 0.4) is 0 Å². The van der Waals surface area contributed by atoms with Crippen LogP contribution in [0.4, 0.5) is 0 Å². The van der Waals surface area contributed by atoms with Crippen LogP contribution in [-0.4, -0.2) is 11.2 Å². The van der Waals surface area contributed by atoms with Crippen LogP contribution in [0.5, 0.6) is 0 Å². The van der Waals surface area contributed by atoms with Crippen molar-refractivity contribution in [3.8, 4) is 6.07 Å². The Morgan fingerprint density at radius 2 is 2.00 bits per heavy atom. The molecule has 0 aliphatic carbocycles. The average molecular weight is 211 g/mol. The summed E-state index contributed by atoms with van der Waals surface area (Å²) in [5.41, 5.74) is 0.884. The Labute approximate surface area is 90.4 Å². The molecule has 0 unspecified atom stereocenters. The van der Waals surface area contributed by atoms with Crippen LogP contribution in [0.1, 0.15) is 33.1 Å². The van der Waals surface area contributed by atoms with Crippen LogP contribution in [0, 0.1) is 11.3 Å². The fraction of sp³-hybridized carbons (Fsp3) is 0.455. The first kappa shape index (κ1) is 15.9. The quantitative estimate of drug-likeness (QED) is 0.336. The molecule has 0 aromatic rings. The summed E-state index contributed by atoms with van der Waals surface area (Å²) >= 11 is 0. The van der Waals surface area contributed by atoms with Gasteiger partial charge in [-0.25, -0.2) is 4.79 Å². The van der Waals surface area contributed by atoms with Gasteiger partial charge in [0.15, 0.2) is 0 Å². The van der Waals surface area contributed by atoms with E-state index in [1.54, 1.807) is 6.92 Å². The van der Waals surface area contributed by atoms with Crippen molar-refractivity contribution in [1.29, 1.82) is 5.26 Å². The molecule has 0 saturated heterocycles. The molecule has 0 aromatic heterocycles. The Balaban J connectivity index is 0. The van der Waals surface area contributed by atoms with Crippen LogP contribution in [-0.2, 0) is 9.68 Å². The molecule has 0 bridgehead atoms. The maximum absolute atomic E-state index is 10.4. The summed E-state index contributed by atoms with van der Waals surface area (Å²) in [7, 11) is 0. The van der Waals surface area contributed by atoms with E-state index in [2.05, 4.69) is 18.0 Å². The van der Waals surface area contributed by atoms with Gasteiger partial charge in [-0.2, -0.15) is 10.5 Å². The van der Waals surface area contributed by atoms with E-state index in [-0.39, 0.29) is 0 Å². The molecule has 15 heavy (non-hydrogen) atoms. The topological polar surface area (TPSA) is 70.3 Å². The molecular formula is C11H17NO3. The first-order valence-electron chi connectivity index (χ1n) is 4.58. The predicted octanol–water partition coefficient (Wildman–Crippen LogP) is 2.84. The fourth-order valence-corrected chi connectivity index (χ4v) is 0.557. The first-order chi connectivity index (χ1) is 6.99. The summed E-state index contributed by atoms with van der Waals surface area (Å²) in [6.07, 6.45) is 2.49. The summed E-state index contributed by atoms with van der Waals surface area (Å²) in [5, 5.41) is 15.7. The molecule has 0 rings (SSSR count). The van der Waals surface area contributed by atoms with E-state index in [9.17, 15) is 4.79 Å². The third-order valence-corrected chi connectivity index (χ3v) is 1.39. The van der Waals surface area contributed by atoms with Gasteiger partial charge in [-0.15, -0.1) is 0 Å². The molecule has 0 atom stereocenters. The monoisotopic (exact) mass is 211 g/mol. The average Bonchev–Trinajstić information content (AvgIpc) is 2.25. The fourth-order valence-electron chi connectivity index (χ4n) is 0.557. The standard InChI is InChI=1S/C7H12O3.C4H5N/c1-3-4-5-6(2)7(8)10-9;1-4(2)3-5/h9H,2-5H2,1H3;1H2,2H3. The Kier molecular flexibility index (Phi) is 11.1. The zero-order valence-electron chi connectivity index (χ0n) is 9.25. The largest absolute Gasteiger partial charge is 0.368 e. The number of nitrogens with zero attached hydrogens (tertiary/aromatic N) is 1. The molecule has 0 aliphatic rings. The van der Waals surface area contributed by atoms with Gasteiger partial charge in [-0.05, 0) is 19.8 Å². The lowest BCUT2D eigenvalue weighted by molar-refractivity contribution is -0.229. The van der Waals surface area contributed by atoms with E-state index in [1.165, 1.54) is 0 Å². The molecule has 1 N–H and O–H groups in total. The smallest absolute Gasteiger partial charge is 0.296 e. The molecule has 84 valence electrons. The zero-order chi connectivity index (χ0) is 12.3. The van der Waals surface area contributed by atoms with Crippen molar-refractivity contribution in [3.63, 3.8) is 0 Å². The molecule has 0 fully saturated rings. The lowest BCUT2D eigenvalue weighted by Crippen LogP contribution is -2.03. The molecule has 0 heterocycles. The van der Waals surface area contributed by atoms with E-state index in [0.29, 0.717) is 17.6 Å². The summed E-state index contributed by atoms with van der Waals surface area (Å²) < 4.78 is 0. The second-order valence-electron chi connectivity index (χ2n) is 2.98. The minimum Gasteiger partial charge on any atom is -0.296 e. The van der Waals surface area contributed by atoms with Crippen molar-refractivity contribution >= 4 is 5.97 Å². The van der Waals surface area contributed by atoms with Crippen LogP contribution in [0.25, 0.3) is 0 Å². The number of allylic oxidation sites excluding steroid dienone is 1. The van der Waals surface area contributed by atoms with Gasteiger partial charge < -0.3 is 0 Å². The number of rotatable bonds is 4. The highest BCUT2D eigenvalue weighted by atomic mass is 17.1. The maximum atomic E-state index is 10.4. The van der Waals surface area contributed by atoms with E-state index < -0.39 is 5.97 Å². The third kappa shape index (κ3) is 12.4. The minimum atomic E-state index is -0.728. The SMILES string of the molecule is C=C(C)C#N.C=C(CCCC)C(=O)OO. The van der Waals surface area contributed by atoms with Gasteiger partial charge >= 0.3 is 5.97 Å². The highest BCUT2D eigenvalue weighted by molar-refractivity contribution is 5.87. The minimum absolute atomic E-state index is 0.323. The van der Waals surface area contributed by atoms with Crippen LogP contribution in [0.15, 0.2) is 24.3 Å². The normalized spacial score (nSPS) is 7.87. The lowest BCUT2D eigenvalue weighted by atomic mass is 10.1. The van der Waals surface area contributed by atoms with Gasteiger partial charge in [0.1, 0.15) is 0 Å². The third-order valence-electron chi connectivity index (χ3n) is 1.39. The summed E-state index contributed by atoms with van der Waals surface area (Å²) in [6, 6.07) is 1.83. The van der Waals surface area contributed by atoms with Crippen molar-refractivity contribution in [1.82, 2.24) is 0 Å². The highest BCUT2D eigenvalue weighted by Gasteiger charge is 2.05. The summed E-state index contributed by atoms with van der Waals surface area (Å²) in [4.78, 5) is 13.9. The molecule has 0 spiro atoms. The summed E-state index contributed by atoms with van der Waals surface area (Å²) in [5.74, 6) is -0.728. The van der Waals surface area contributed by atoms with Crippen molar-refractivity contribution < 1.29 is 14.9 Å². The van der Waals surface area contributed by atoms with Gasteiger partial charge in [-0.3, -0.25) is 4.89 Å². The second-order valence-corrected chi connectivity index (χ2v) is 2.98. The number of hydrogen-bond acceptors (Lipinski definition) is 4. The van der Waals surface area contributed by atoms with Gasteiger partial charge in [0.05, 0.1) is 6.07 Å². The Hall–Kier alpha value is -1.60. The van der Waals surface area contributed by atoms with E-state index in [0.717, 1.165) is 12.8 Å². The van der Waals surface area contributed by atoms with Crippen molar-refractivity contribution in [3.05, 3.63) is 24.3 Å². The van der Waals surface area contributed by atoms with Crippen molar-refractivity contribution in [2.24, 2.45) is 0 Å². The first-order valence-corrected chi connectivity index (χ1v) is 4.58.